The molecule has 8 heteroatoms. The van der Waals surface area contributed by atoms with E-state index in [0.717, 1.165) is 48.3 Å². The second-order valence-electron chi connectivity index (χ2n) is 8.01. The van der Waals surface area contributed by atoms with Crippen molar-refractivity contribution < 1.29 is 13.2 Å². The third-order valence-corrected chi connectivity index (χ3v) is 5.54. The van der Waals surface area contributed by atoms with Crippen molar-refractivity contribution in [1.82, 2.24) is 14.5 Å². The normalized spacial score (nSPS) is 11.8. The Balaban J connectivity index is 1.62. The van der Waals surface area contributed by atoms with Crippen molar-refractivity contribution in [3.8, 4) is 0 Å². The summed E-state index contributed by atoms with van der Waals surface area (Å²) in [5, 5.41) is 3.18. The van der Waals surface area contributed by atoms with Gasteiger partial charge in [-0.1, -0.05) is 55.8 Å². The molecule has 0 aliphatic rings. The van der Waals surface area contributed by atoms with Gasteiger partial charge in [0, 0.05) is 25.6 Å². The van der Waals surface area contributed by atoms with Crippen LogP contribution in [-0.4, -0.2) is 14.5 Å². The average Bonchev–Trinajstić information content (AvgIpc) is 3.14. The fourth-order valence-electron chi connectivity index (χ4n) is 3.76. The van der Waals surface area contributed by atoms with Crippen LogP contribution in [0.1, 0.15) is 42.3 Å². The summed E-state index contributed by atoms with van der Waals surface area (Å²) in [6.45, 7) is 3.13. The van der Waals surface area contributed by atoms with E-state index >= 15 is 0 Å². The van der Waals surface area contributed by atoms with Crippen LogP contribution in [-0.2, 0) is 25.7 Å². The largest absolute Gasteiger partial charge is 0.416 e. The van der Waals surface area contributed by atoms with Gasteiger partial charge in [-0.3, -0.25) is 0 Å². The molecule has 2 aromatic carbocycles. The second-order valence-corrected chi connectivity index (χ2v) is 8.01. The van der Waals surface area contributed by atoms with Crippen LogP contribution in [0, 0.1) is 0 Å². The van der Waals surface area contributed by atoms with Crippen LogP contribution in [0.4, 0.5) is 24.8 Å². The molecule has 0 atom stereocenters. The summed E-state index contributed by atoms with van der Waals surface area (Å²) in [6.07, 6.45) is -1.43. The number of nitrogen functional groups attached to an aromatic ring is 1. The van der Waals surface area contributed by atoms with Gasteiger partial charge in [-0.15, -0.1) is 0 Å². The monoisotopic (exact) mass is 453 g/mol. The highest BCUT2D eigenvalue weighted by Gasteiger charge is 2.29. The van der Waals surface area contributed by atoms with Gasteiger partial charge in [-0.05, 0) is 29.7 Å². The van der Waals surface area contributed by atoms with E-state index in [-0.39, 0.29) is 0 Å². The summed E-state index contributed by atoms with van der Waals surface area (Å²) >= 11 is 0. The van der Waals surface area contributed by atoms with Gasteiger partial charge in [0.15, 0.2) is 5.82 Å². The molecule has 172 valence electrons. The predicted molar refractivity (Wildman–Crippen MR) is 125 cm³/mol. The Bertz CT molecular complexity index is 1220. The van der Waals surface area contributed by atoms with E-state index in [4.69, 9.17) is 10.7 Å². The predicted octanol–water partition coefficient (Wildman–Crippen LogP) is 6.04. The van der Waals surface area contributed by atoms with E-state index in [1.54, 1.807) is 0 Å². The Morgan fingerprint density at radius 1 is 0.970 bits per heavy atom. The molecular weight excluding hydrogens is 427 g/mol. The minimum Gasteiger partial charge on any atom is -0.382 e. The summed E-state index contributed by atoms with van der Waals surface area (Å²) in [5.74, 6) is 1.84. The number of hydrogen-bond acceptors (Lipinski definition) is 4. The van der Waals surface area contributed by atoms with Crippen LogP contribution >= 0.6 is 0 Å². The number of hydrogen-bond donors (Lipinski definition) is 2. The molecule has 0 bridgehead atoms. The molecule has 2 heterocycles. The third-order valence-electron chi connectivity index (χ3n) is 5.54. The SMILES string of the molecule is CCCCc1nc2c(N)nc(NCc3ccc(C(F)(F)F)cc3)cc2n1Cc1ccccc1. The number of nitrogens with one attached hydrogen (secondary N) is 1. The van der Waals surface area contributed by atoms with Gasteiger partial charge in [0.2, 0.25) is 0 Å². The fraction of sp³-hybridized carbons (Fsp3) is 0.280. The molecule has 0 spiro atoms. The van der Waals surface area contributed by atoms with Gasteiger partial charge in [-0.2, -0.15) is 13.2 Å². The second kappa shape index (κ2) is 9.52. The zero-order chi connectivity index (χ0) is 23.4. The number of benzene rings is 2. The summed E-state index contributed by atoms with van der Waals surface area (Å²) < 4.78 is 40.5. The first kappa shape index (κ1) is 22.6. The number of nitrogens with zero attached hydrogens (tertiary/aromatic N) is 3. The number of halogens is 3. The smallest absolute Gasteiger partial charge is 0.382 e. The molecule has 4 aromatic rings. The van der Waals surface area contributed by atoms with Crippen molar-refractivity contribution in [2.45, 2.75) is 45.5 Å². The Hall–Kier alpha value is -3.55. The first-order valence-electron chi connectivity index (χ1n) is 10.9. The van der Waals surface area contributed by atoms with Crippen LogP contribution in [0.15, 0.2) is 60.7 Å². The maximum atomic E-state index is 12.8. The lowest BCUT2D eigenvalue weighted by Crippen LogP contribution is -2.07. The molecule has 2 aromatic heterocycles. The Morgan fingerprint density at radius 2 is 1.70 bits per heavy atom. The van der Waals surface area contributed by atoms with E-state index in [1.165, 1.54) is 12.1 Å². The van der Waals surface area contributed by atoms with Crippen LogP contribution < -0.4 is 11.1 Å². The highest BCUT2D eigenvalue weighted by atomic mass is 19.4. The number of rotatable bonds is 8. The van der Waals surface area contributed by atoms with Crippen molar-refractivity contribution in [3.63, 3.8) is 0 Å². The quantitative estimate of drug-likeness (QED) is 0.342. The standard InChI is InChI=1S/C25H26F3N5/c1-2-3-9-22-32-23-20(33(22)16-18-7-5-4-6-8-18)14-21(31-24(23)29)30-15-17-10-12-19(13-11-17)25(26,27)28/h4-8,10-14H,2-3,9,15-16H2,1H3,(H3,29,30,31). The van der Waals surface area contributed by atoms with Crippen molar-refractivity contribution >= 4 is 22.7 Å². The molecule has 0 radical (unpaired) electrons. The maximum absolute atomic E-state index is 12.8. The number of imidazole rings is 1. The highest BCUT2D eigenvalue weighted by Crippen LogP contribution is 2.29. The summed E-state index contributed by atoms with van der Waals surface area (Å²) in [4.78, 5) is 9.20. The molecular formula is C25H26F3N5. The van der Waals surface area contributed by atoms with Crippen molar-refractivity contribution in [3.05, 3.63) is 83.2 Å². The lowest BCUT2D eigenvalue weighted by Gasteiger charge is -2.12. The Morgan fingerprint density at radius 3 is 2.36 bits per heavy atom. The molecule has 0 aliphatic heterocycles. The van der Waals surface area contributed by atoms with Gasteiger partial charge in [0.25, 0.3) is 0 Å². The first-order valence-corrected chi connectivity index (χ1v) is 10.9. The molecule has 0 aliphatic carbocycles. The molecule has 5 nitrogen and oxygen atoms in total. The third kappa shape index (κ3) is 5.27. The first-order chi connectivity index (χ1) is 15.8. The number of pyridine rings is 1. The summed E-state index contributed by atoms with van der Waals surface area (Å²) in [6, 6.07) is 17.1. The highest BCUT2D eigenvalue weighted by molar-refractivity contribution is 5.88. The number of aromatic nitrogens is 3. The van der Waals surface area contributed by atoms with Gasteiger partial charge in [0.1, 0.15) is 17.2 Å². The van der Waals surface area contributed by atoms with Crippen LogP contribution in [0.25, 0.3) is 11.0 Å². The zero-order valence-electron chi connectivity index (χ0n) is 18.4. The Kier molecular flexibility index (Phi) is 6.53. The lowest BCUT2D eigenvalue weighted by atomic mass is 10.1. The number of unbranched alkanes of at least 4 members (excludes halogenated alkanes) is 1. The van der Waals surface area contributed by atoms with Gasteiger partial charge >= 0.3 is 6.18 Å². The van der Waals surface area contributed by atoms with Gasteiger partial charge in [0.05, 0.1) is 11.1 Å². The van der Waals surface area contributed by atoms with E-state index < -0.39 is 11.7 Å². The number of anilines is 2. The van der Waals surface area contributed by atoms with Crippen LogP contribution in [0.2, 0.25) is 0 Å². The number of aryl methyl sites for hydroxylation is 1. The maximum Gasteiger partial charge on any atom is 0.416 e. The van der Waals surface area contributed by atoms with Gasteiger partial charge in [-0.25, -0.2) is 9.97 Å². The Labute approximate surface area is 190 Å². The molecule has 0 unspecified atom stereocenters. The molecule has 0 amide bonds. The van der Waals surface area contributed by atoms with Crippen LogP contribution in [0.5, 0.6) is 0 Å². The van der Waals surface area contributed by atoms with Crippen LogP contribution in [0.3, 0.4) is 0 Å². The molecule has 0 fully saturated rings. The minimum atomic E-state index is -4.35. The zero-order valence-corrected chi connectivity index (χ0v) is 18.4. The average molecular weight is 454 g/mol. The summed E-state index contributed by atoms with van der Waals surface area (Å²) in [7, 11) is 0. The van der Waals surface area contributed by atoms with E-state index in [1.807, 2.05) is 24.3 Å². The van der Waals surface area contributed by atoms with Crippen molar-refractivity contribution in [2.24, 2.45) is 0 Å². The molecule has 0 saturated carbocycles. The summed E-state index contributed by atoms with van der Waals surface area (Å²) in [5.41, 5.74) is 8.99. The molecule has 0 saturated heterocycles. The van der Waals surface area contributed by atoms with E-state index in [0.29, 0.717) is 35.8 Å². The van der Waals surface area contributed by atoms with E-state index in [2.05, 4.69) is 33.9 Å². The number of fused-ring (bicyclic) bond motifs is 1. The van der Waals surface area contributed by atoms with Crippen molar-refractivity contribution in [1.29, 1.82) is 0 Å². The molecule has 4 rings (SSSR count). The lowest BCUT2D eigenvalue weighted by molar-refractivity contribution is -0.137. The minimum absolute atomic E-state index is 0.325. The molecule has 3 N–H and O–H groups in total. The number of alkyl halides is 3. The van der Waals surface area contributed by atoms with Crippen molar-refractivity contribution in [2.75, 3.05) is 11.1 Å². The van der Waals surface area contributed by atoms with E-state index in [9.17, 15) is 13.2 Å². The topological polar surface area (TPSA) is 68.8 Å². The number of nitrogens with two attached hydrogens (primary N) is 1. The fourth-order valence-corrected chi connectivity index (χ4v) is 3.76. The van der Waals surface area contributed by atoms with Gasteiger partial charge < -0.3 is 15.6 Å². The molecule has 33 heavy (non-hydrogen) atoms.